The fraction of sp³-hybridized carbons (Fsp3) is 0.333. The molecule has 1 aliphatic rings. The molecule has 5 nitrogen and oxygen atoms in total. The first kappa shape index (κ1) is 13.8. The molecule has 3 rings (SSSR count). The van der Waals surface area contributed by atoms with Crippen molar-refractivity contribution in [1.29, 1.82) is 0 Å². The van der Waals surface area contributed by atoms with Gasteiger partial charge in [0.15, 0.2) is 11.6 Å². The number of hydrogen-bond acceptors (Lipinski definition) is 5. The monoisotopic (exact) mass is 287 g/mol. The molecule has 0 spiro atoms. The lowest BCUT2D eigenvalue weighted by Crippen LogP contribution is -2.29. The van der Waals surface area contributed by atoms with E-state index in [4.69, 9.17) is 0 Å². The van der Waals surface area contributed by atoms with E-state index in [9.17, 15) is 4.39 Å². The Bertz CT molecular complexity index is 584. The normalized spacial score (nSPS) is 17.7. The molecule has 1 saturated heterocycles. The zero-order valence-corrected chi connectivity index (χ0v) is 11.6. The van der Waals surface area contributed by atoms with Gasteiger partial charge < -0.3 is 16.0 Å². The van der Waals surface area contributed by atoms with Crippen molar-refractivity contribution in [1.82, 2.24) is 15.3 Å². The second-order valence-electron chi connectivity index (χ2n) is 5.06. The number of rotatable bonds is 5. The predicted molar refractivity (Wildman–Crippen MR) is 81.2 cm³/mol. The van der Waals surface area contributed by atoms with Gasteiger partial charge in [-0.2, -0.15) is 4.98 Å². The lowest BCUT2D eigenvalue weighted by atomic mass is 10.2. The molecule has 1 aliphatic heterocycles. The highest BCUT2D eigenvalue weighted by atomic mass is 19.1. The summed E-state index contributed by atoms with van der Waals surface area (Å²) in [5.74, 6) is 0.174. The predicted octanol–water partition coefficient (Wildman–Crippen LogP) is 2.52. The molecule has 2 aromatic rings. The zero-order valence-electron chi connectivity index (χ0n) is 11.6. The van der Waals surface area contributed by atoms with Gasteiger partial charge in [0.05, 0.1) is 6.20 Å². The molecular formula is C15H18FN5. The average Bonchev–Trinajstić information content (AvgIpc) is 3.02. The van der Waals surface area contributed by atoms with Crippen LogP contribution in [0.3, 0.4) is 0 Å². The van der Waals surface area contributed by atoms with Gasteiger partial charge in [-0.05, 0) is 31.5 Å². The third-order valence-electron chi connectivity index (χ3n) is 3.45. The molecule has 0 saturated carbocycles. The minimum atomic E-state index is -0.438. The van der Waals surface area contributed by atoms with Gasteiger partial charge in [0.2, 0.25) is 5.95 Å². The molecule has 2 heterocycles. The van der Waals surface area contributed by atoms with Crippen LogP contribution >= 0.6 is 0 Å². The number of aromatic nitrogens is 2. The molecule has 110 valence electrons. The standard InChI is InChI=1S/C15H18FN5/c16-13-10-19-15(20-11-5-2-1-3-6-11)21-14(13)18-9-12-7-4-8-17-12/h1-3,5-6,10,12,17H,4,7-9H2,(H2,18,19,20,21). The second-order valence-corrected chi connectivity index (χ2v) is 5.06. The third-order valence-corrected chi connectivity index (χ3v) is 3.45. The van der Waals surface area contributed by atoms with Gasteiger partial charge in [-0.25, -0.2) is 9.37 Å². The summed E-state index contributed by atoms with van der Waals surface area (Å²) in [7, 11) is 0. The molecule has 1 unspecified atom stereocenters. The highest BCUT2D eigenvalue weighted by molar-refractivity contribution is 5.54. The summed E-state index contributed by atoms with van der Waals surface area (Å²) in [6.45, 7) is 1.69. The van der Waals surface area contributed by atoms with Crippen LogP contribution in [0.1, 0.15) is 12.8 Å². The van der Waals surface area contributed by atoms with Gasteiger partial charge in [0.1, 0.15) is 0 Å². The fourth-order valence-electron chi connectivity index (χ4n) is 2.35. The van der Waals surface area contributed by atoms with Crippen molar-refractivity contribution in [2.75, 3.05) is 23.7 Å². The smallest absolute Gasteiger partial charge is 0.229 e. The minimum absolute atomic E-state index is 0.233. The van der Waals surface area contributed by atoms with Crippen LogP contribution in [0.4, 0.5) is 21.8 Å². The average molecular weight is 287 g/mol. The number of anilines is 3. The second kappa shape index (κ2) is 6.49. The summed E-state index contributed by atoms with van der Waals surface area (Å²) in [6.07, 6.45) is 3.46. The highest BCUT2D eigenvalue weighted by Gasteiger charge is 2.15. The maximum atomic E-state index is 13.7. The summed E-state index contributed by atoms with van der Waals surface area (Å²) in [6, 6.07) is 9.95. The molecule has 1 aromatic carbocycles. The number of halogens is 1. The topological polar surface area (TPSA) is 61.9 Å². The van der Waals surface area contributed by atoms with Crippen LogP contribution in [0.2, 0.25) is 0 Å². The van der Waals surface area contributed by atoms with Crippen molar-refractivity contribution in [3.05, 3.63) is 42.3 Å². The molecule has 1 aromatic heterocycles. The Kier molecular flexibility index (Phi) is 4.25. The Balaban J connectivity index is 1.67. The Morgan fingerprint density at radius 1 is 1.29 bits per heavy atom. The van der Waals surface area contributed by atoms with E-state index in [2.05, 4.69) is 25.9 Å². The van der Waals surface area contributed by atoms with Crippen molar-refractivity contribution in [2.24, 2.45) is 0 Å². The molecule has 21 heavy (non-hydrogen) atoms. The molecular weight excluding hydrogens is 269 g/mol. The van der Waals surface area contributed by atoms with Crippen molar-refractivity contribution in [2.45, 2.75) is 18.9 Å². The first-order chi connectivity index (χ1) is 10.3. The van der Waals surface area contributed by atoms with E-state index >= 15 is 0 Å². The Morgan fingerprint density at radius 2 is 2.14 bits per heavy atom. The number of hydrogen-bond donors (Lipinski definition) is 3. The maximum Gasteiger partial charge on any atom is 0.229 e. The molecule has 0 radical (unpaired) electrons. The number of benzene rings is 1. The van der Waals surface area contributed by atoms with Crippen LogP contribution in [0.25, 0.3) is 0 Å². The molecule has 0 bridgehead atoms. The van der Waals surface area contributed by atoms with Crippen molar-refractivity contribution >= 4 is 17.5 Å². The maximum absolute atomic E-state index is 13.7. The summed E-state index contributed by atoms with van der Waals surface area (Å²) < 4.78 is 13.7. The quantitative estimate of drug-likeness (QED) is 0.789. The SMILES string of the molecule is Fc1cnc(Nc2ccccc2)nc1NCC1CCCN1. The molecule has 0 amide bonds. The number of para-hydroxylation sites is 1. The minimum Gasteiger partial charge on any atom is -0.366 e. The van der Waals surface area contributed by atoms with E-state index in [1.54, 1.807) is 0 Å². The van der Waals surface area contributed by atoms with Gasteiger partial charge >= 0.3 is 0 Å². The molecule has 3 N–H and O–H groups in total. The molecule has 1 atom stereocenters. The zero-order chi connectivity index (χ0) is 14.5. The Hall–Kier alpha value is -2.21. The first-order valence-electron chi connectivity index (χ1n) is 7.13. The van der Waals surface area contributed by atoms with E-state index < -0.39 is 5.82 Å². The molecule has 6 heteroatoms. The highest BCUT2D eigenvalue weighted by Crippen LogP contribution is 2.16. The number of nitrogens with zero attached hydrogens (tertiary/aromatic N) is 2. The summed E-state index contributed by atoms with van der Waals surface area (Å²) in [5, 5.41) is 9.46. The number of nitrogens with one attached hydrogen (secondary N) is 3. The third kappa shape index (κ3) is 3.66. The van der Waals surface area contributed by atoms with Crippen molar-refractivity contribution < 1.29 is 4.39 Å². The van der Waals surface area contributed by atoms with Gasteiger partial charge in [-0.3, -0.25) is 0 Å². The van der Waals surface area contributed by atoms with Crippen LogP contribution in [-0.4, -0.2) is 29.1 Å². The fourth-order valence-corrected chi connectivity index (χ4v) is 2.35. The van der Waals surface area contributed by atoms with E-state index in [-0.39, 0.29) is 5.82 Å². The van der Waals surface area contributed by atoms with Gasteiger partial charge in [0.25, 0.3) is 0 Å². The summed E-state index contributed by atoms with van der Waals surface area (Å²) in [4.78, 5) is 8.15. The summed E-state index contributed by atoms with van der Waals surface area (Å²) in [5.41, 5.74) is 0.868. The van der Waals surface area contributed by atoms with Crippen LogP contribution < -0.4 is 16.0 Å². The van der Waals surface area contributed by atoms with Crippen LogP contribution in [0.5, 0.6) is 0 Å². The Labute approximate surface area is 123 Å². The lowest BCUT2D eigenvalue weighted by molar-refractivity contribution is 0.604. The van der Waals surface area contributed by atoms with Crippen molar-refractivity contribution in [3.8, 4) is 0 Å². The lowest BCUT2D eigenvalue weighted by Gasteiger charge is -2.13. The van der Waals surface area contributed by atoms with Crippen LogP contribution in [-0.2, 0) is 0 Å². The van der Waals surface area contributed by atoms with Gasteiger partial charge in [0, 0.05) is 18.3 Å². The van der Waals surface area contributed by atoms with Gasteiger partial charge in [-0.15, -0.1) is 0 Å². The molecule has 0 aliphatic carbocycles. The van der Waals surface area contributed by atoms with E-state index in [1.165, 1.54) is 12.6 Å². The van der Waals surface area contributed by atoms with E-state index in [0.717, 1.165) is 18.7 Å². The first-order valence-corrected chi connectivity index (χ1v) is 7.13. The van der Waals surface area contributed by atoms with Crippen LogP contribution in [0, 0.1) is 5.82 Å². The van der Waals surface area contributed by atoms with E-state index in [1.807, 2.05) is 30.3 Å². The van der Waals surface area contributed by atoms with Crippen LogP contribution in [0.15, 0.2) is 36.5 Å². The largest absolute Gasteiger partial charge is 0.366 e. The Morgan fingerprint density at radius 3 is 2.90 bits per heavy atom. The van der Waals surface area contributed by atoms with Crippen molar-refractivity contribution in [3.63, 3.8) is 0 Å². The van der Waals surface area contributed by atoms with Gasteiger partial charge in [-0.1, -0.05) is 18.2 Å². The summed E-state index contributed by atoms with van der Waals surface area (Å²) >= 11 is 0. The van der Waals surface area contributed by atoms with E-state index in [0.29, 0.717) is 18.5 Å². The molecule has 1 fully saturated rings.